The van der Waals surface area contributed by atoms with Crippen LogP contribution in [-0.4, -0.2) is 11.9 Å². The summed E-state index contributed by atoms with van der Waals surface area (Å²) in [7, 11) is 1.92. The minimum Gasteiger partial charge on any atom is -0.377 e. The van der Waals surface area contributed by atoms with Crippen LogP contribution < -0.4 is 0 Å². The number of likely N-dealkylation sites (N-methyl/N-ethyl adjacent to an activating group) is 1. The van der Waals surface area contributed by atoms with Crippen LogP contribution >= 0.6 is 11.6 Å². The van der Waals surface area contributed by atoms with Crippen molar-refractivity contribution in [2.45, 2.75) is 0 Å². The van der Waals surface area contributed by atoms with E-state index < -0.39 is 0 Å². The first-order valence-corrected chi connectivity index (χ1v) is 5.50. The summed E-state index contributed by atoms with van der Waals surface area (Å²) in [4.78, 5) is 1.93. The molecule has 0 aliphatic carbocycles. The van der Waals surface area contributed by atoms with Gasteiger partial charge in [0, 0.05) is 44.8 Å². The second kappa shape index (κ2) is 6.39. The van der Waals surface area contributed by atoms with E-state index >= 15 is 0 Å². The average Bonchev–Trinajstić information content (AvgIpc) is 2.34. The van der Waals surface area contributed by atoms with E-state index in [0.717, 1.165) is 22.5 Å². The predicted molar refractivity (Wildman–Crippen MR) is 71.9 cm³/mol. The summed E-state index contributed by atoms with van der Waals surface area (Å²) in [6.45, 7) is 3.97. The Labute approximate surface area is 138 Å². The number of rotatable bonds is 1. The summed E-state index contributed by atoms with van der Waals surface area (Å²) in [5.41, 5.74) is 3.53. The van der Waals surface area contributed by atoms with Gasteiger partial charge in [0.05, 0.1) is 0 Å². The molecule has 1 aliphatic rings. The molecule has 0 spiro atoms. The third-order valence-corrected chi connectivity index (χ3v) is 2.93. The molecule has 0 amide bonds. The Morgan fingerprint density at radius 2 is 1.94 bits per heavy atom. The van der Waals surface area contributed by atoms with E-state index in [-0.39, 0.29) is 32.7 Å². The molecule has 1 aliphatic heterocycles. The normalized spacial score (nSPS) is 14.3. The number of benzene rings is 1. The van der Waals surface area contributed by atoms with Crippen LogP contribution in [0.2, 0.25) is 5.02 Å². The van der Waals surface area contributed by atoms with Crippen molar-refractivity contribution in [1.29, 1.82) is 0 Å². The fraction of sp³-hybridized carbons (Fsp3) is 0.0667. The number of halogens is 1. The quantitative estimate of drug-likeness (QED) is 0.563. The summed E-state index contributed by atoms with van der Waals surface area (Å²) < 4.78 is 0. The number of terminal acetylenes is 1. The van der Waals surface area contributed by atoms with E-state index in [9.17, 15) is 0 Å². The van der Waals surface area contributed by atoms with E-state index in [4.69, 9.17) is 18.0 Å². The molecule has 1 heterocycles. The van der Waals surface area contributed by atoms with Gasteiger partial charge in [-0.1, -0.05) is 47.1 Å². The zero-order chi connectivity index (χ0) is 12.4. The maximum atomic E-state index is 5.86. The second-order valence-corrected chi connectivity index (χ2v) is 4.14. The molecule has 1 radical (unpaired) electrons. The van der Waals surface area contributed by atoms with Gasteiger partial charge >= 0.3 is 0 Å². The molecule has 0 atom stereocenters. The fourth-order valence-corrected chi connectivity index (χ4v) is 1.77. The van der Waals surface area contributed by atoms with Crippen molar-refractivity contribution in [2.24, 2.45) is 0 Å². The zero-order valence-electron chi connectivity index (χ0n) is 10.1. The second-order valence-electron chi connectivity index (χ2n) is 3.71. The maximum absolute atomic E-state index is 5.86. The smallest absolute Gasteiger partial charge is 0.0385 e. The molecule has 0 saturated heterocycles. The van der Waals surface area contributed by atoms with Crippen molar-refractivity contribution >= 4 is 17.3 Å². The summed E-state index contributed by atoms with van der Waals surface area (Å²) in [5, 5.41) is 0.714. The van der Waals surface area contributed by atoms with Crippen LogP contribution in [0.15, 0.2) is 48.2 Å². The Bertz CT molecular complexity index is 561. The topological polar surface area (TPSA) is 3.24 Å². The predicted octanol–water partition coefficient (Wildman–Crippen LogP) is 3.50. The molecule has 87 valence electrons. The molecular formula is C15H11ClNY-. The summed E-state index contributed by atoms with van der Waals surface area (Å²) >= 11 is 5.86. The van der Waals surface area contributed by atoms with Crippen LogP contribution in [0, 0.1) is 18.4 Å². The van der Waals surface area contributed by atoms with E-state index in [1.807, 2.05) is 36.2 Å². The van der Waals surface area contributed by atoms with Gasteiger partial charge in [-0.2, -0.15) is 12.2 Å². The molecule has 3 heteroatoms. The molecule has 0 fully saturated rings. The molecule has 0 N–H and O–H groups in total. The maximum Gasteiger partial charge on any atom is 0.0385 e. The Hall–Kier alpha value is -0.806. The largest absolute Gasteiger partial charge is 0.377 e. The molecule has 1 aromatic carbocycles. The third-order valence-electron chi connectivity index (χ3n) is 2.68. The first-order chi connectivity index (χ1) is 8.13. The van der Waals surface area contributed by atoms with Gasteiger partial charge in [-0.25, -0.2) is 0 Å². The Kier molecular flexibility index (Phi) is 5.41. The van der Waals surface area contributed by atoms with Gasteiger partial charge in [0.2, 0.25) is 0 Å². The van der Waals surface area contributed by atoms with Crippen LogP contribution in [0.5, 0.6) is 0 Å². The fourth-order valence-electron chi connectivity index (χ4n) is 1.65. The molecule has 0 saturated carbocycles. The zero-order valence-corrected chi connectivity index (χ0v) is 13.7. The van der Waals surface area contributed by atoms with Gasteiger partial charge in [-0.3, -0.25) is 0 Å². The van der Waals surface area contributed by atoms with Crippen molar-refractivity contribution in [1.82, 2.24) is 4.90 Å². The van der Waals surface area contributed by atoms with E-state index in [1.165, 1.54) is 0 Å². The number of hydrogen-bond donors (Lipinski definition) is 0. The van der Waals surface area contributed by atoms with Crippen molar-refractivity contribution in [2.75, 3.05) is 7.05 Å². The minimum atomic E-state index is 0. The molecule has 0 aromatic heterocycles. The summed E-state index contributed by atoms with van der Waals surface area (Å²) in [5.74, 6) is 2.59. The third kappa shape index (κ3) is 2.95. The van der Waals surface area contributed by atoms with E-state index in [2.05, 4.69) is 18.6 Å². The molecule has 1 aromatic rings. The van der Waals surface area contributed by atoms with E-state index in [0.29, 0.717) is 5.02 Å². The first-order valence-electron chi connectivity index (χ1n) is 5.12. The molecule has 2 rings (SSSR count). The molecular weight excluding hydrogens is 319 g/mol. The van der Waals surface area contributed by atoms with Gasteiger partial charge in [-0.05, 0) is 5.70 Å². The number of hydrogen-bond acceptors (Lipinski definition) is 1. The van der Waals surface area contributed by atoms with Crippen LogP contribution in [0.1, 0.15) is 5.56 Å². The van der Waals surface area contributed by atoms with Gasteiger partial charge in [0.1, 0.15) is 0 Å². The molecule has 1 nitrogen and oxygen atoms in total. The monoisotopic (exact) mass is 329 g/mol. The summed E-state index contributed by atoms with van der Waals surface area (Å²) in [6.07, 6.45) is 10.3. The van der Waals surface area contributed by atoms with Gasteiger partial charge in [0.15, 0.2) is 0 Å². The number of allylic oxidation sites excluding steroid dienone is 3. The van der Waals surface area contributed by atoms with Crippen molar-refractivity contribution in [3.8, 4) is 12.3 Å². The van der Waals surface area contributed by atoms with Crippen molar-refractivity contribution in [3.05, 3.63) is 64.9 Å². The van der Waals surface area contributed by atoms with Crippen LogP contribution in [0.25, 0.3) is 5.70 Å². The Balaban J connectivity index is 0.00000162. The van der Waals surface area contributed by atoms with Crippen molar-refractivity contribution < 1.29 is 32.7 Å². The van der Waals surface area contributed by atoms with Crippen LogP contribution in [0.4, 0.5) is 0 Å². The average molecular weight is 330 g/mol. The van der Waals surface area contributed by atoms with Crippen LogP contribution in [-0.2, 0) is 32.7 Å². The number of nitrogens with zero attached hydrogens (tertiary/aromatic N) is 1. The van der Waals surface area contributed by atoms with Gasteiger partial charge < -0.3 is 4.90 Å². The van der Waals surface area contributed by atoms with E-state index in [1.54, 1.807) is 6.08 Å². The summed E-state index contributed by atoms with van der Waals surface area (Å²) in [6, 6.07) is 7.59. The van der Waals surface area contributed by atoms with Gasteiger partial charge in [-0.15, -0.1) is 24.5 Å². The molecule has 18 heavy (non-hydrogen) atoms. The SMILES string of the molecule is C#CC1=C[C-]=C(c2ccc(Cl)cc2)N(C)C1=C.[Y]. The molecule has 0 unspecified atom stereocenters. The standard InChI is InChI=1S/C15H11ClN.Y/c1-4-12-7-10-15(17(3)11(12)2)13-5-8-14(16)9-6-13;/h1,5-9H,2H2,3H3;/q-1;. The van der Waals surface area contributed by atoms with Crippen molar-refractivity contribution in [3.63, 3.8) is 0 Å². The Morgan fingerprint density at radius 1 is 1.33 bits per heavy atom. The van der Waals surface area contributed by atoms with Gasteiger partial charge in [0.25, 0.3) is 0 Å². The first kappa shape index (κ1) is 15.3. The molecule has 0 bridgehead atoms. The minimum absolute atomic E-state index is 0. The Morgan fingerprint density at radius 3 is 2.50 bits per heavy atom. The van der Waals surface area contributed by atoms with Crippen LogP contribution in [0.3, 0.4) is 0 Å².